The number of carbonyl (C=O) groups is 2. The molecule has 1 N–H and O–H groups in total. The average Bonchev–Trinajstić information content (AvgIpc) is 2.61. The molecule has 0 heterocycles. The van der Waals surface area contributed by atoms with E-state index in [0.717, 1.165) is 17.2 Å². The van der Waals surface area contributed by atoms with Crippen molar-refractivity contribution < 1.29 is 14.7 Å². The van der Waals surface area contributed by atoms with E-state index >= 15 is 0 Å². The van der Waals surface area contributed by atoms with Crippen LogP contribution >= 0.6 is 0 Å². The van der Waals surface area contributed by atoms with Gasteiger partial charge < -0.3 is 5.11 Å². The zero-order chi connectivity index (χ0) is 20.9. The van der Waals surface area contributed by atoms with E-state index in [9.17, 15) is 14.7 Å². The molecule has 0 amide bonds. The van der Waals surface area contributed by atoms with E-state index in [-0.39, 0.29) is 16.8 Å². The van der Waals surface area contributed by atoms with Gasteiger partial charge in [-0.25, -0.2) is 0 Å². The van der Waals surface area contributed by atoms with Crippen LogP contribution in [0, 0.1) is 5.41 Å². The number of rotatable bonds is 5. The van der Waals surface area contributed by atoms with Crippen molar-refractivity contribution in [2.24, 2.45) is 5.41 Å². The van der Waals surface area contributed by atoms with Crippen LogP contribution in [-0.2, 0) is 9.59 Å². The Morgan fingerprint density at radius 3 is 2.43 bits per heavy atom. The maximum Gasteiger partial charge on any atom is 0.221 e. The fourth-order valence-electron chi connectivity index (χ4n) is 3.62. The van der Waals surface area contributed by atoms with Crippen LogP contribution in [0.25, 0.3) is 0 Å². The molecule has 3 nitrogen and oxygen atoms in total. The summed E-state index contributed by atoms with van der Waals surface area (Å²) in [5.74, 6) is -1.40. The van der Waals surface area contributed by atoms with Gasteiger partial charge in [0.2, 0.25) is 5.78 Å². The Kier molecular flexibility index (Phi) is 6.95. The van der Waals surface area contributed by atoms with Gasteiger partial charge in [0, 0.05) is 0 Å². The highest BCUT2D eigenvalue weighted by molar-refractivity contribution is 6.20. The minimum Gasteiger partial charge on any atom is -0.504 e. The summed E-state index contributed by atoms with van der Waals surface area (Å²) in [6.45, 7) is 10.7. The lowest BCUT2D eigenvalue weighted by Gasteiger charge is -2.32. The Labute approximate surface area is 168 Å². The third-order valence-corrected chi connectivity index (χ3v) is 5.29. The van der Waals surface area contributed by atoms with Crippen LogP contribution in [0.5, 0.6) is 0 Å². The highest BCUT2D eigenvalue weighted by atomic mass is 16.3. The molecule has 2 aliphatic rings. The van der Waals surface area contributed by atoms with Gasteiger partial charge in [-0.15, -0.1) is 0 Å². The fraction of sp³-hybridized carbons (Fsp3) is 0.360. The highest BCUT2D eigenvalue weighted by Crippen LogP contribution is 2.40. The quantitative estimate of drug-likeness (QED) is 0.469. The number of aliphatic hydroxyl groups excluding tert-OH is 1. The van der Waals surface area contributed by atoms with Crippen molar-refractivity contribution in [3.8, 4) is 0 Å². The second-order valence-corrected chi connectivity index (χ2v) is 8.25. The second kappa shape index (κ2) is 9.01. The van der Waals surface area contributed by atoms with Crippen molar-refractivity contribution in [1.29, 1.82) is 0 Å². The van der Waals surface area contributed by atoms with Gasteiger partial charge in [-0.05, 0) is 69.2 Å². The van der Waals surface area contributed by atoms with Crippen LogP contribution in [0.4, 0.5) is 0 Å². The monoisotopic (exact) mass is 378 g/mol. The molecule has 148 valence electrons. The van der Waals surface area contributed by atoms with Crippen LogP contribution in [0.2, 0.25) is 0 Å². The van der Waals surface area contributed by atoms with E-state index in [1.165, 1.54) is 42.6 Å². The van der Waals surface area contributed by atoms with Crippen molar-refractivity contribution in [3.63, 3.8) is 0 Å². The fourth-order valence-corrected chi connectivity index (χ4v) is 3.62. The summed E-state index contributed by atoms with van der Waals surface area (Å²) in [5.41, 5.74) is 5.07. The van der Waals surface area contributed by atoms with E-state index in [1.54, 1.807) is 0 Å². The number of hydrogen-bond donors (Lipinski definition) is 1. The number of aliphatic hydroxyl groups is 1. The normalized spacial score (nSPS) is 21.6. The van der Waals surface area contributed by atoms with Crippen molar-refractivity contribution in [3.05, 3.63) is 82.2 Å². The molecular formula is C25H30O3. The Bertz CT molecular complexity index is 881. The molecular weight excluding hydrogens is 348 g/mol. The third kappa shape index (κ3) is 5.41. The van der Waals surface area contributed by atoms with Gasteiger partial charge in [-0.1, -0.05) is 60.9 Å². The first-order valence-corrected chi connectivity index (χ1v) is 9.73. The van der Waals surface area contributed by atoms with E-state index in [4.69, 9.17) is 0 Å². The SMILES string of the molecule is CC1=C(/C=C/C(C)=C/C=C/C(C)=C/C2=C(O)C(=O)C=CC2=O)C(C)(C)CCC1. The number of hydrogen-bond acceptors (Lipinski definition) is 3. The summed E-state index contributed by atoms with van der Waals surface area (Å²) in [5, 5.41) is 9.79. The van der Waals surface area contributed by atoms with Crippen LogP contribution < -0.4 is 0 Å². The molecule has 0 saturated carbocycles. The summed E-state index contributed by atoms with van der Waals surface area (Å²) >= 11 is 0. The van der Waals surface area contributed by atoms with Gasteiger partial charge in [0.1, 0.15) is 0 Å². The predicted molar refractivity (Wildman–Crippen MR) is 115 cm³/mol. The summed E-state index contributed by atoms with van der Waals surface area (Å²) in [7, 11) is 0. The summed E-state index contributed by atoms with van der Waals surface area (Å²) in [4.78, 5) is 23.3. The predicted octanol–water partition coefficient (Wildman–Crippen LogP) is 6.04. The molecule has 3 heteroatoms. The maximum atomic E-state index is 11.8. The highest BCUT2D eigenvalue weighted by Gasteiger charge is 2.26. The lowest BCUT2D eigenvalue weighted by molar-refractivity contribution is -0.116. The van der Waals surface area contributed by atoms with E-state index in [1.807, 2.05) is 32.1 Å². The Morgan fingerprint density at radius 1 is 1.07 bits per heavy atom. The van der Waals surface area contributed by atoms with Crippen LogP contribution in [-0.4, -0.2) is 16.7 Å². The number of carbonyl (C=O) groups excluding carboxylic acids is 2. The maximum absolute atomic E-state index is 11.8. The zero-order valence-electron chi connectivity index (χ0n) is 17.5. The molecule has 28 heavy (non-hydrogen) atoms. The zero-order valence-corrected chi connectivity index (χ0v) is 17.5. The molecule has 0 aromatic carbocycles. The molecule has 0 unspecified atom stereocenters. The molecule has 0 fully saturated rings. The molecule has 0 spiro atoms. The lowest BCUT2D eigenvalue weighted by Crippen LogP contribution is -2.19. The molecule has 0 atom stereocenters. The standard InChI is InChI=1S/C25H30O3/c1-17(11-12-21-19(3)10-7-15-25(21,4)5)8-6-9-18(2)16-20-22(26)13-14-23(27)24(20)28/h6,8-9,11-14,16,28H,7,10,15H2,1-5H3/b9-6+,12-11+,17-8+,18-16+. The van der Waals surface area contributed by atoms with Crippen molar-refractivity contribution in [1.82, 2.24) is 0 Å². The van der Waals surface area contributed by atoms with Gasteiger partial charge in [0.15, 0.2) is 11.5 Å². The van der Waals surface area contributed by atoms with Gasteiger partial charge in [-0.3, -0.25) is 9.59 Å². The third-order valence-electron chi connectivity index (χ3n) is 5.29. The number of ketones is 2. The van der Waals surface area contributed by atoms with Gasteiger partial charge in [0.05, 0.1) is 5.57 Å². The first-order valence-electron chi connectivity index (χ1n) is 9.73. The van der Waals surface area contributed by atoms with Gasteiger partial charge in [-0.2, -0.15) is 0 Å². The molecule has 0 aromatic rings. The molecule has 0 aromatic heterocycles. The minimum atomic E-state index is -0.543. The summed E-state index contributed by atoms with van der Waals surface area (Å²) in [6.07, 6.45) is 17.6. The summed E-state index contributed by atoms with van der Waals surface area (Å²) in [6, 6.07) is 0. The van der Waals surface area contributed by atoms with E-state index < -0.39 is 11.5 Å². The van der Waals surface area contributed by atoms with Gasteiger partial charge in [0.25, 0.3) is 0 Å². The van der Waals surface area contributed by atoms with E-state index in [2.05, 4.69) is 32.9 Å². The summed E-state index contributed by atoms with van der Waals surface area (Å²) < 4.78 is 0. The molecule has 0 radical (unpaired) electrons. The number of allylic oxidation sites excluding steroid dienone is 13. The molecule has 2 aliphatic carbocycles. The van der Waals surface area contributed by atoms with Crippen molar-refractivity contribution in [2.75, 3.05) is 0 Å². The molecule has 0 bridgehead atoms. The first-order chi connectivity index (χ1) is 13.1. The molecule has 2 rings (SSSR count). The van der Waals surface area contributed by atoms with Crippen molar-refractivity contribution >= 4 is 11.6 Å². The molecule has 0 saturated heterocycles. The van der Waals surface area contributed by atoms with Crippen LogP contribution in [0.3, 0.4) is 0 Å². The Morgan fingerprint density at radius 2 is 1.75 bits per heavy atom. The van der Waals surface area contributed by atoms with Crippen molar-refractivity contribution in [2.45, 2.75) is 53.9 Å². The van der Waals surface area contributed by atoms with Crippen LogP contribution in [0.15, 0.2) is 82.2 Å². The topological polar surface area (TPSA) is 54.4 Å². The smallest absolute Gasteiger partial charge is 0.221 e. The lowest BCUT2D eigenvalue weighted by atomic mass is 9.72. The molecule has 0 aliphatic heterocycles. The van der Waals surface area contributed by atoms with Gasteiger partial charge >= 0.3 is 0 Å². The minimum absolute atomic E-state index is 0.0391. The van der Waals surface area contributed by atoms with Crippen LogP contribution in [0.1, 0.15) is 53.9 Å². The second-order valence-electron chi connectivity index (χ2n) is 8.25. The van der Waals surface area contributed by atoms with E-state index in [0.29, 0.717) is 0 Å². The average molecular weight is 379 g/mol. The Balaban J connectivity index is 2.10. The largest absolute Gasteiger partial charge is 0.504 e. The Hall–Kier alpha value is -2.68. The first kappa shape index (κ1) is 21.6.